The highest BCUT2D eigenvalue weighted by molar-refractivity contribution is 6.38. The molecule has 0 radical (unpaired) electrons. The zero-order valence-electron chi connectivity index (χ0n) is 24.7. The number of Topliss-reactive ketones (excluding diaryl/α,β-unsaturated/α-hetero) is 1. The van der Waals surface area contributed by atoms with Crippen LogP contribution in [-0.2, 0) is 24.0 Å². The summed E-state index contributed by atoms with van der Waals surface area (Å²) in [6.45, 7) is 0.588. The average molecular weight is 639 g/mol. The predicted octanol–water partition coefficient (Wildman–Crippen LogP) is 3.01. The van der Waals surface area contributed by atoms with Gasteiger partial charge in [0.1, 0.15) is 17.6 Å². The maximum atomic E-state index is 13.9. The van der Waals surface area contributed by atoms with Gasteiger partial charge in [-0.3, -0.25) is 24.0 Å². The first-order valence-corrected chi connectivity index (χ1v) is 16.0. The van der Waals surface area contributed by atoms with Crippen LogP contribution in [-0.4, -0.2) is 72.1 Å². The normalized spacial score (nSPS) is 24.5. The van der Waals surface area contributed by atoms with Crippen LogP contribution >= 0.6 is 11.6 Å². The van der Waals surface area contributed by atoms with Crippen LogP contribution in [0, 0.1) is 23.6 Å². The largest absolute Gasteiger partial charge is 0.484 e. The summed E-state index contributed by atoms with van der Waals surface area (Å²) in [5.74, 6) is -3.05. The summed E-state index contributed by atoms with van der Waals surface area (Å²) in [5.41, 5.74) is 1.53. The van der Waals surface area contributed by atoms with Crippen molar-refractivity contribution >= 4 is 41.0 Å². The highest BCUT2D eigenvalue weighted by atomic mass is 35.5. The van der Waals surface area contributed by atoms with Gasteiger partial charge in [-0.25, -0.2) is 4.39 Å². The summed E-state index contributed by atoms with van der Waals surface area (Å²) >= 11 is 5.91. The minimum atomic E-state index is -1.17. The fourth-order valence-corrected chi connectivity index (χ4v) is 7.01. The molecule has 2 saturated carbocycles. The minimum absolute atomic E-state index is 0.0203. The van der Waals surface area contributed by atoms with E-state index >= 15 is 0 Å². The van der Waals surface area contributed by atoms with Gasteiger partial charge < -0.3 is 25.6 Å². The Kier molecular flexibility index (Phi) is 9.07. The second kappa shape index (κ2) is 13.2. The van der Waals surface area contributed by atoms with Crippen molar-refractivity contribution in [3.05, 3.63) is 53.3 Å². The number of carbonyl (C=O) groups is 5. The number of fused-ring (bicyclic) bond motifs is 1. The Morgan fingerprint density at radius 3 is 2.47 bits per heavy atom. The van der Waals surface area contributed by atoms with Crippen LogP contribution in [0.1, 0.15) is 44.9 Å². The molecule has 2 heterocycles. The molecule has 12 heteroatoms. The van der Waals surface area contributed by atoms with E-state index in [0.29, 0.717) is 25.3 Å². The molecule has 0 spiro atoms. The third-order valence-electron chi connectivity index (χ3n) is 9.40. The van der Waals surface area contributed by atoms with Crippen molar-refractivity contribution in [1.82, 2.24) is 20.9 Å². The van der Waals surface area contributed by atoms with Gasteiger partial charge in [0.25, 0.3) is 11.8 Å². The summed E-state index contributed by atoms with van der Waals surface area (Å²) in [6.07, 6.45) is 4.75. The van der Waals surface area contributed by atoms with Gasteiger partial charge in [-0.2, -0.15) is 0 Å². The lowest BCUT2D eigenvalue weighted by atomic mass is 9.91. The zero-order valence-corrected chi connectivity index (χ0v) is 25.5. The number of ether oxygens (including phenoxy) is 1. The van der Waals surface area contributed by atoms with Gasteiger partial charge in [0.2, 0.25) is 17.6 Å². The van der Waals surface area contributed by atoms with E-state index in [4.69, 9.17) is 16.3 Å². The molecule has 0 unspecified atom stereocenters. The highest BCUT2D eigenvalue weighted by Gasteiger charge is 2.50. The van der Waals surface area contributed by atoms with Crippen molar-refractivity contribution in [1.29, 1.82) is 0 Å². The lowest BCUT2D eigenvalue weighted by Crippen LogP contribution is -2.55. The molecule has 4 fully saturated rings. The molecule has 5 atom stereocenters. The summed E-state index contributed by atoms with van der Waals surface area (Å²) in [6, 6.07) is 9.39. The highest BCUT2D eigenvalue weighted by Crippen LogP contribution is 2.42. The van der Waals surface area contributed by atoms with Gasteiger partial charge >= 0.3 is 0 Å². The Hall–Kier alpha value is -3.99. The number of benzene rings is 2. The first-order valence-electron chi connectivity index (χ1n) is 15.6. The number of amides is 4. The third kappa shape index (κ3) is 6.98. The molecule has 2 saturated heterocycles. The van der Waals surface area contributed by atoms with Crippen molar-refractivity contribution in [2.75, 3.05) is 19.7 Å². The molecule has 2 aromatic rings. The first-order chi connectivity index (χ1) is 21.7. The molecule has 2 aliphatic heterocycles. The van der Waals surface area contributed by atoms with Crippen LogP contribution in [0.15, 0.2) is 42.5 Å². The molecular weight excluding hydrogens is 603 g/mol. The monoisotopic (exact) mass is 638 g/mol. The zero-order chi connectivity index (χ0) is 31.7. The number of ketones is 1. The maximum Gasteiger partial charge on any atom is 0.289 e. The van der Waals surface area contributed by atoms with Crippen LogP contribution < -0.4 is 20.7 Å². The Morgan fingerprint density at radius 2 is 1.78 bits per heavy atom. The van der Waals surface area contributed by atoms with E-state index in [9.17, 15) is 28.4 Å². The minimum Gasteiger partial charge on any atom is -0.484 e. The molecule has 238 valence electrons. The number of rotatable bonds is 11. The quantitative estimate of drug-likeness (QED) is 0.324. The SMILES string of the molecule is O=C(NC1CC1)C(=O)[C@H](C[C@@H]1CCNC1=O)NC(=O)[C@@H]1[C@H]2CCC[C@H]2CN1C(=O)COc1ccc(-c2ccc(F)c(Cl)c2)cc1. The molecule has 6 rings (SSSR count). The van der Waals surface area contributed by atoms with Crippen molar-refractivity contribution in [3.63, 3.8) is 0 Å². The standard InChI is InChI=1S/C33H36ClFN4O6/c34-25-14-19(6-11-26(25)35)18-4-9-23(10-5-18)45-17-28(40)39-16-21-2-1-3-24(21)29(39)32(43)38-27(15-20-12-13-36-31(20)42)30(41)33(44)37-22-7-8-22/h4-6,9-11,14,20-22,24,27,29H,1-3,7-8,12-13,15-17H2,(H,36,42)(H,37,44)(H,38,43)/t20-,21-,24-,27-,29-/m0/s1. The Morgan fingerprint density at radius 1 is 1.02 bits per heavy atom. The van der Waals surface area contributed by atoms with Gasteiger partial charge in [0, 0.05) is 25.0 Å². The molecule has 2 aromatic carbocycles. The molecule has 2 aliphatic carbocycles. The lowest BCUT2D eigenvalue weighted by molar-refractivity contribution is -0.143. The van der Waals surface area contributed by atoms with E-state index in [2.05, 4.69) is 16.0 Å². The Bertz CT molecular complexity index is 1500. The van der Waals surface area contributed by atoms with Gasteiger partial charge in [-0.1, -0.05) is 36.2 Å². The van der Waals surface area contributed by atoms with Crippen LogP contribution in [0.3, 0.4) is 0 Å². The Balaban J connectivity index is 1.12. The van der Waals surface area contributed by atoms with Crippen molar-refractivity contribution < 1.29 is 33.1 Å². The number of hydrogen-bond donors (Lipinski definition) is 3. The molecular formula is C33H36ClFN4O6. The number of nitrogens with zero attached hydrogens (tertiary/aromatic N) is 1. The second-order valence-electron chi connectivity index (χ2n) is 12.5. The van der Waals surface area contributed by atoms with E-state index in [1.54, 1.807) is 30.3 Å². The summed E-state index contributed by atoms with van der Waals surface area (Å²) in [7, 11) is 0. The fraction of sp³-hybridized carbons (Fsp3) is 0.485. The van der Waals surface area contributed by atoms with Crippen LogP contribution in [0.2, 0.25) is 5.02 Å². The van der Waals surface area contributed by atoms with Crippen LogP contribution in [0.25, 0.3) is 11.1 Å². The number of halogens is 2. The van der Waals surface area contributed by atoms with E-state index < -0.39 is 41.4 Å². The molecule has 3 N–H and O–H groups in total. The number of hydrogen-bond acceptors (Lipinski definition) is 6. The van der Waals surface area contributed by atoms with E-state index in [1.165, 1.54) is 17.0 Å². The van der Waals surface area contributed by atoms with Crippen molar-refractivity contribution in [2.45, 2.75) is 63.1 Å². The van der Waals surface area contributed by atoms with Gasteiger partial charge in [-0.15, -0.1) is 0 Å². The topological polar surface area (TPSA) is 134 Å². The molecule has 0 aromatic heterocycles. The van der Waals surface area contributed by atoms with E-state index in [0.717, 1.165) is 43.2 Å². The van der Waals surface area contributed by atoms with E-state index in [1.807, 2.05) is 0 Å². The third-order valence-corrected chi connectivity index (χ3v) is 9.69. The molecule has 10 nitrogen and oxygen atoms in total. The summed E-state index contributed by atoms with van der Waals surface area (Å²) in [4.78, 5) is 67.1. The second-order valence-corrected chi connectivity index (χ2v) is 12.9. The maximum absolute atomic E-state index is 13.9. The number of nitrogens with one attached hydrogen (secondary N) is 3. The van der Waals surface area contributed by atoms with E-state index in [-0.39, 0.29) is 47.7 Å². The molecule has 0 bridgehead atoms. The smallest absolute Gasteiger partial charge is 0.289 e. The number of carbonyl (C=O) groups excluding carboxylic acids is 5. The van der Waals surface area contributed by atoms with Crippen LogP contribution in [0.4, 0.5) is 4.39 Å². The predicted molar refractivity (Wildman–Crippen MR) is 163 cm³/mol. The fourth-order valence-electron chi connectivity index (χ4n) is 6.83. The molecule has 45 heavy (non-hydrogen) atoms. The van der Waals surface area contributed by atoms with Gasteiger partial charge in [0.05, 0.1) is 11.1 Å². The Labute approximate surface area is 265 Å². The molecule has 4 aliphatic rings. The van der Waals surface area contributed by atoms with Crippen molar-refractivity contribution in [3.8, 4) is 16.9 Å². The van der Waals surface area contributed by atoms with Crippen molar-refractivity contribution in [2.24, 2.45) is 17.8 Å². The van der Waals surface area contributed by atoms with Crippen LogP contribution in [0.5, 0.6) is 5.75 Å². The first kappa shape index (κ1) is 31.0. The summed E-state index contributed by atoms with van der Waals surface area (Å²) < 4.78 is 19.3. The molecule has 4 amide bonds. The number of likely N-dealkylation sites (tertiary alicyclic amines) is 1. The van der Waals surface area contributed by atoms with Gasteiger partial charge in [-0.05, 0) is 85.8 Å². The summed E-state index contributed by atoms with van der Waals surface area (Å²) in [5, 5.41) is 8.23. The average Bonchev–Trinajstić information content (AvgIpc) is 3.38. The lowest BCUT2D eigenvalue weighted by Gasteiger charge is -2.29. The van der Waals surface area contributed by atoms with Gasteiger partial charge in [0.15, 0.2) is 6.61 Å².